The van der Waals surface area contributed by atoms with Crippen LogP contribution in [0.2, 0.25) is 0 Å². The number of hydrogen-bond donors (Lipinski definition) is 0. The third kappa shape index (κ3) is 4.55. The molecule has 0 aliphatic carbocycles. The first-order valence-electron chi connectivity index (χ1n) is 13.0. The minimum absolute atomic E-state index is 0.161. The highest BCUT2D eigenvalue weighted by atomic mass is 32.2. The fourth-order valence-electron chi connectivity index (χ4n) is 6.28. The molecule has 0 radical (unpaired) electrons. The molecule has 2 saturated heterocycles. The van der Waals surface area contributed by atoms with E-state index in [1.165, 1.54) is 6.26 Å². The molecule has 6 nitrogen and oxygen atoms in total. The van der Waals surface area contributed by atoms with Crippen LogP contribution in [0, 0.1) is 24.6 Å². The fraction of sp³-hybridized carbons (Fsp3) is 0.367. The Hall–Kier alpha value is -3.07. The third-order valence-electron chi connectivity index (χ3n) is 8.24. The lowest BCUT2D eigenvalue weighted by atomic mass is 10.0. The topological polar surface area (TPSA) is 58.4 Å². The lowest BCUT2D eigenvalue weighted by Crippen LogP contribution is -2.26. The molecule has 0 saturated carbocycles. The Morgan fingerprint density at radius 2 is 1.55 bits per heavy atom. The molecule has 2 aliphatic rings. The SMILES string of the molecule is Cc1cc(-c2ccc(CN3CC4CN(C)C[C@@H]4C3)c(F)c2)cc2c1nc(-c1ccc(S(C)(=O)=O)cc1)n2C. The molecule has 2 fully saturated rings. The van der Waals surface area contributed by atoms with Gasteiger partial charge in [-0.3, -0.25) is 4.90 Å². The minimum Gasteiger partial charge on any atom is -0.327 e. The smallest absolute Gasteiger partial charge is 0.175 e. The quantitative estimate of drug-likeness (QED) is 0.371. The van der Waals surface area contributed by atoms with Crippen LogP contribution < -0.4 is 0 Å². The van der Waals surface area contributed by atoms with Crippen LogP contribution >= 0.6 is 0 Å². The summed E-state index contributed by atoms with van der Waals surface area (Å²) in [5, 5.41) is 0. The summed E-state index contributed by atoms with van der Waals surface area (Å²) in [5.74, 6) is 2.01. The normalized spacial score (nSPS) is 20.4. The molecule has 0 N–H and O–H groups in total. The van der Waals surface area contributed by atoms with E-state index in [1.54, 1.807) is 30.3 Å². The van der Waals surface area contributed by atoms with Crippen molar-refractivity contribution in [3.63, 3.8) is 0 Å². The van der Waals surface area contributed by atoms with Crippen molar-refractivity contribution in [1.29, 1.82) is 0 Å². The molecule has 3 heterocycles. The summed E-state index contributed by atoms with van der Waals surface area (Å²) in [6.07, 6.45) is 1.20. The highest BCUT2D eigenvalue weighted by Gasteiger charge is 2.38. The van der Waals surface area contributed by atoms with Gasteiger partial charge in [-0.1, -0.05) is 12.1 Å². The summed E-state index contributed by atoms with van der Waals surface area (Å²) in [6.45, 7) is 7.06. The van der Waals surface area contributed by atoms with E-state index in [1.807, 2.05) is 30.7 Å². The molecule has 38 heavy (non-hydrogen) atoms. The van der Waals surface area contributed by atoms with Crippen LogP contribution in [0.3, 0.4) is 0 Å². The zero-order valence-corrected chi connectivity index (χ0v) is 23.1. The first kappa shape index (κ1) is 25.2. The van der Waals surface area contributed by atoms with Crippen LogP contribution in [-0.2, 0) is 23.4 Å². The molecule has 1 unspecified atom stereocenters. The van der Waals surface area contributed by atoms with Crippen molar-refractivity contribution in [3.05, 3.63) is 71.5 Å². The van der Waals surface area contributed by atoms with Gasteiger partial charge in [-0.05, 0) is 85.0 Å². The van der Waals surface area contributed by atoms with E-state index in [0.29, 0.717) is 18.4 Å². The Bertz CT molecular complexity index is 1630. The predicted octanol–water partition coefficient (Wildman–Crippen LogP) is 4.75. The second-order valence-electron chi connectivity index (χ2n) is 11.2. The van der Waals surface area contributed by atoms with Crippen molar-refractivity contribution in [3.8, 4) is 22.5 Å². The number of fused-ring (bicyclic) bond motifs is 2. The number of sulfone groups is 1. The van der Waals surface area contributed by atoms with E-state index < -0.39 is 9.84 Å². The van der Waals surface area contributed by atoms with Gasteiger partial charge in [0.15, 0.2) is 9.84 Å². The lowest BCUT2D eigenvalue weighted by molar-refractivity contribution is 0.269. The Morgan fingerprint density at radius 1 is 0.895 bits per heavy atom. The van der Waals surface area contributed by atoms with Gasteiger partial charge >= 0.3 is 0 Å². The third-order valence-corrected chi connectivity index (χ3v) is 9.37. The van der Waals surface area contributed by atoms with Crippen LogP contribution in [0.15, 0.2) is 59.5 Å². The van der Waals surface area contributed by atoms with Gasteiger partial charge in [-0.2, -0.15) is 0 Å². The molecular weight excluding hydrogens is 499 g/mol. The molecule has 0 amide bonds. The summed E-state index contributed by atoms with van der Waals surface area (Å²) in [5.41, 5.74) is 6.20. The first-order valence-corrected chi connectivity index (χ1v) is 14.9. The van der Waals surface area contributed by atoms with Gasteiger partial charge < -0.3 is 9.47 Å². The lowest BCUT2D eigenvalue weighted by Gasteiger charge is -2.19. The van der Waals surface area contributed by atoms with E-state index in [4.69, 9.17) is 4.98 Å². The van der Waals surface area contributed by atoms with Crippen molar-refractivity contribution >= 4 is 20.9 Å². The Labute approximate surface area is 223 Å². The highest BCUT2D eigenvalue weighted by Crippen LogP contribution is 2.34. The standard InChI is InChI=1S/C30H33FN4O2S/c1-19-11-23(13-28-29(19)32-30(34(28)3)20-7-9-26(10-8-20)38(4,36)37)21-5-6-22(27(31)12-21)16-35-17-24-14-33(2)15-25(24)18-35/h5-13,24-25H,14-18H2,1-4H3/t24-,25?/m1/s1. The van der Waals surface area contributed by atoms with Gasteiger partial charge in [-0.15, -0.1) is 0 Å². The molecular formula is C30H33FN4O2S. The Kier molecular flexibility index (Phi) is 6.17. The van der Waals surface area contributed by atoms with Crippen molar-refractivity contribution < 1.29 is 12.8 Å². The van der Waals surface area contributed by atoms with Crippen LogP contribution in [0.25, 0.3) is 33.5 Å². The van der Waals surface area contributed by atoms with Gasteiger partial charge in [0.2, 0.25) is 0 Å². The zero-order chi connectivity index (χ0) is 26.8. The molecule has 1 aromatic heterocycles. The molecule has 0 spiro atoms. The number of nitrogens with zero attached hydrogens (tertiary/aromatic N) is 4. The molecule has 6 rings (SSSR count). The van der Waals surface area contributed by atoms with E-state index >= 15 is 4.39 Å². The average Bonchev–Trinajstić information content (AvgIpc) is 3.51. The van der Waals surface area contributed by atoms with Crippen LogP contribution in [0.5, 0.6) is 0 Å². The van der Waals surface area contributed by atoms with Gasteiger partial charge in [0.05, 0.1) is 15.9 Å². The molecule has 4 aromatic rings. The summed E-state index contributed by atoms with van der Waals surface area (Å²) in [7, 11) is 0.874. The van der Waals surface area contributed by atoms with E-state index in [-0.39, 0.29) is 10.7 Å². The van der Waals surface area contributed by atoms with E-state index in [0.717, 1.165) is 70.9 Å². The maximum atomic E-state index is 15.3. The monoisotopic (exact) mass is 532 g/mol. The van der Waals surface area contributed by atoms with Crippen molar-refractivity contribution in [2.24, 2.45) is 18.9 Å². The fourth-order valence-corrected chi connectivity index (χ4v) is 6.91. The first-order chi connectivity index (χ1) is 18.1. The van der Waals surface area contributed by atoms with Crippen LogP contribution in [0.1, 0.15) is 11.1 Å². The number of hydrogen-bond acceptors (Lipinski definition) is 5. The maximum Gasteiger partial charge on any atom is 0.175 e. The second kappa shape index (κ2) is 9.29. The van der Waals surface area contributed by atoms with Gasteiger partial charge in [-0.25, -0.2) is 17.8 Å². The number of benzene rings is 3. The zero-order valence-electron chi connectivity index (χ0n) is 22.3. The Balaban J connectivity index is 1.27. The predicted molar refractivity (Wildman–Crippen MR) is 149 cm³/mol. The van der Waals surface area contributed by atoms with Crippen LogP contribution in [0.4, 0.5) is 4.39 Å². The second-order valence-corrected chi connectivity index (χ2v) is 13.2. The number of aryl methyl sites for hydroxylation is 2. The van der Waals surface area contributed by atoms with Gasteiger partial charge in [0.1, 0.15) is 11.6 Å². The molecule has 8 heteroatoms. The minimum atomic E-state index is -3.26. The molecule has 2 atom stereocenters. The van der Waals surface area contributed by atoms with E-state index in [9.17, 15) is 8.42 Å². The molecule has 2 aliphatic heterocycles. The number of halogens is 1. The van der Waals surface area contributed by atoms with Crippen molar-refractivity contribution in [2.45, 2.75) is 18.4 Å². The number of likely N-dealkylation sites (tertiary alicyclic amines) is 2. The molecule has 3 aromatic carbocycles. The largest absolute Gasteiger partial charge is 0.327 e. The number of rotatable bonds is 5. The van der Waals surface area contributed by atoms with Crippen molar-refractivity contribution in [2.75, 3.05) is 39.5 Å². The summed E-state index contributed by atoms with van der Waals surface area (Å²) < 4.78 is 41.0. The molecule has 198 valence electrons. The van der Waals surface area contributed by atoms with Gasteiger partial charge in [0, 0.05) is 57.2 Å². The average molecular weight is 533 g/mol. The van der Waals surface area contributed by atoms with Crippen molar-refractivity contribution in [1.82, 2.24) is 19.4 Å². The van der Waals surface area contributed by atoms with Crippen LogP contribution in [-0.4, -0.2) is 67.3 Å². The highest BCUT2D eigenvalue weighted by molar-refractivity contribution is 7.90. The summed E-state index contributed by atoms with van der Waals surface area (Å²) >= 11 is 0. The van der Waals surface area contributed by atoms with E-state index in [2.05, 4.69) is 29.0 Å². The Morgan fingerprint density at radius 3 is 2.18 bits per heavy atom. The number of imidazole rings is 1. The summed E-state index contributed by atoms with van der Waals surface area (Å²) in [4.78, 5) is 9.94. The maximum absolute atomic E-state index is 15.3. The van der Waals surface area contributed by atoms with Gasteiger partial charge in [0.25, 0.3) is 0 Å². The molecule has 0 bridgehead atoms. The summed E-state index contributed by atoms with van der Waals surface area (Å²) in [6, 6.07) is 16.5. The number of aromatic nitrogens is 2.